The van der Waals surface area contributed by atoms with Gasteiger partial charge in [0.2, 0.25) is 5.95 Å². The highest BCUT2D eigenvalue weighted by atomic mass is 15.3. The monoisotopic (exact) mass is 346 g/mol. The van der Waals surface area contributed by atoms with Crippen LogP contribution in [0.3, 0.4) is 0 Å². The number of aromatic nitrogens is 2. The molecule has 26 heavy (non-hydrogen) atoms. The Morgan fingerprint density at radius 3 is 2.54 bits per heavy atom. The summed E-state index contributed by atoms with van der Waals surface area (Å²) < 4.78 is 0. The molecule has 6 rings (SSSR count). The predicted molar refractivity (Wildman–Crippen MR) is 104 cm³/mol. The van der Waals surface area contributed by atoms with Gasteiger partial charge in [0.25, 0.3) is 0 Å². The number of nitrogens with zero attached hydrogens (tertiary/aromatic N) is 3. The van der Waals surface area contributed by atoms with Crippen molar-refractivity contribution < 1.29 is 0 Å². The third kappa shape index (κ3) is 2.42. The van der Waals surface area contributed by atoms with E-state index >= 15 is 0 Å². The minimum absolute atomic E-state index is 0.498. The first kappa shape index (κ1) is 15.0. The van der Waals surface area contributed by atoms with Gasteiger partial charge in [-0.2, -0.15) is 4.98 Å². The molecular formula is C22H26N4. The molecule has 3 fully saturated rings. The summed E-state index contributed by atoms with van der Waals surface area (Å²) in [5, 5.41) is 3.64. The van der Waals surface area contributed by atoms with E-state index in [9.17, 15) is 0 Å². The van der Waals surface area contributed by atoms with Crippen LogP contribution < -0.4 is 10.2 Å². The zero-order valence-corrected chi connectivity index (χ0v) is 15.2. The Morgan fingerprint density at radius 1 is 0.923 bits per heavy atom. The Labute approximate surface area is 155 Å². The molecule has 4 aliphatic rings. The topological polar surface area (TPSA) is 41.1 Å². The van der Waals surface area contributed by atoms with Gasteiger partial charge in [0.15, 0.2) is 0 Å². The van der Waals surface area contributed by atoms with Crippen molar-refractivity contribution in [3.05, 3.63) is 47.2 Å². The van der Waals surface area contributed by atoms with Crippen LogP contribution in [0.5, 0.6) is 0 Å². The largest absolute Gasteiger partial charge is 0.351 e. The lowest BCUT2D eigenvalue weighted by molar-refractivity contribution is 0.716. The second kappa shape index (κ2) is 5.70. The normalized spacial score (nSPS) is 27.2. The van der Waals surface area contributed by atoms with Gasteiger partial charge >= 0.3 is 0 Å². The number of anilines is 2. The Kier molecular flexibility index (Phi) is 3.29. The summed E-state index contributed by atoms with van der Waals surface area (Å²) in [6.45, 7) is 1.10. The van der Waals surface area contributed by atoms with Crippen molar-refractivity contribution in [3.63, 3.8) is 0 Å². The van der Waals surface area contributed by atoms with Crippen molar-refractivity contribution in [3.8, 4) is 0 Å². The molecule has 1 aliphatic heterocycles. The van der Waals surface area contributed by atoms with Crippen LogP contribution in [0.15, 0.2) is 30.3 Å². The van der Waals surface area contributed by atoms with E-state index in [2.05, 4.69) is 40.5 Å². The molecule has 1 N–H and O–H groups in total. The van der Waals surface area contributed by atoms with E-state index in [1.807, 2.05) is 0 Å². The van der Waals surface area contributed by atoms with Crippen LogP contribution in [-0.4, -0.2) is 22.6 Å². The van der Waals surface area contributed by atoms with Crippen LogP contribution in [-0.2, 0) is 0 Å². The fraction of sp³-hybridized carbons (Fsp3) is 0.545. The predicted octanol–water partition coefficient (Wildman–Crippen LogP) is 4.76. The number of nitrogens with one attached hydrogen (secondary N) is 1. The Morgan fingerprint density at radius 2 is 1.73 bits per heavy atom. The minimum Gasteiger partial charge on any atom is -0.351 e. The molecule has 2 bridgehead atoms. The molecule has 2 aromatic rings. The van der Waals surface area contributed by atoms with Crippen molar-refractivity contribution in [2.24, 2.45) is 0 Å². The van der Waals surface area contributed by atoms with Crippen LogP contribution >= 0.6 is 0 Å². The zero-order valence-electron chi connectivity index (χ0n) is 15.2. The summed E-state index contributed by atoms with van der Waals surface area (Å²) in [6.07, 6.45) is 9.00. The summed E-state index contributed by atoms with van der Waals surface area (Å²) in [5.41, 5.74) is 4.33. The van der Waals surface area contributed by atoms with Crippen molar-refractivity contribution in [1.29, 1.82) is 0 Å². The lowest BCUT2D eigenvalue weighted by Gasteiger charge is -2.30. The molecule has 1 aromatic carbocycles. The molecule has 2 saturated carbocycles. The highest BCUT2D eigenvalue weighted by molar-refractivity contribution is 5.56. The average Bonchev–Trinajstić information content (AvgIpc) is 3.09. The van der Waals surface area contributed by atoms with E-state index in [1.165, 1.54) is 56.2 Å². The second-order valence-electron chi connectivity index (χ2n) is 8.60. The van der Waals surface area contributed by atoms with Crippen LogP contribution in [0.25, 0.3) is 0 Å². The number of hydrogen-bond donors (Lipinski definition) is 1. The molecule has 0 amide bonds. The fourth-order valence-electron chi connectivity index (χ4n) is 5.30. The maximum Gasteiger partial charge on any atom is 0.225 e. The highest BCUT2D eigenvalue weighted by Gasteiger charge is 2.43. The van der Waals surface area contributed by atoms with E-state index in [1.54, 1.807) is 5.56 Å². The van der Waals surface area contributed by atoms with Crippen molar-refractivity contribution in [2.75, 3.05) is 16.8 Å². The highest BCUT2D eigenvalue weighted by Crippen LogP contribution is 2.51. The van der Waals surface area contributed by atoms with Gasteiger partial charge in [0, 0.05) is 30.5 Å². The van der Waals surface area contributed by atoms with Gasteiger partial charge in [-0.3, -0.25) is 0 Å². The molecule has 134 valence electrons. The number of fused-ring (bicyclic) bond motifs is 5. The number of hydrogen-bond acceptors (Lipinski definition) is 4. The van der Waals surface area contributed by atoms with Gasteiger partial charge in [-0.15, -0.1) is 0 Å². The Bertz CT molecular complexity index is 838. The quantitative estimate of drug-likeness (QED) is 0.867. The fourth-order valence-corrected chi connectivity index (χ4v) is 5.30. The molecule has 1 saturated heterocycles. The summed E-state index contributed by atoms with van der Waals surface area (Å²) in [6, 6.07) is 12.3. The molecule has 3 aliphatic carbocycles. The maximum atomic E-state index is 4.98. The molecule has 4 nitrogen and oxygen atoms in total. The molecule has 4 heteroatoms. The first-order valence-corrected chi connectivity index (χ1v) is 10.4. The molecule has 0 unspecified atom stereocenters. The van der Waals surface area contributed by atoms with Crippen molar-refractivity contribution in [1.82, 2.24) is 9.97 Å². The molecule has 0 radical (unpaired) electrons. The first-order valence-electron chi connectivity index (χ1n) is 10.4. The van der Waals surface area contributed by atoms with E-state index in [0.29, 0.717) is 23.9 Å². The zero-order chi connectivity index (χ0) is 17.1. The molecule has 0 spiro atoms. The SMILES string of the molecule is c1ccc2c(c1)[C@H]1C[C@H]2N(c2cc(C3CC3)nc(NC3CCCC3)n2)C1. The lowest BCUT2D eigenvalue weighted by Crippen LogP contribution is -2.28. The Hall–Kier alpha value is -2.10. The first-order chi connectivity index (χ1) is 12.8. The molecule has 2 heterocycles. The third-order valence-corrected chi connectivity index (χ3v) is 6.81. The van der Waals surface area contributed by atoms with Gasteiger partial charge in [0.1, 0.15) is 5.82 Å². The molecular weight excluding hydrogens is 320 g/mol. The summed E-state index contributed by atoms with van der Waals surface area (Å²) in [5.74, 6) is 3.34. The average molecular weight is 346 g/mol. The van der Waals surface area contributed by atoms with Gasteiger partial charge in [0.05, 0.1) is 11.7 Å². The van der Waals surface area contributed by atoms with E-state index in [0.717, 1.165) is 18.3 Å². The van der Waals surface area contributed by atoms with Crippen LogP contribution in [0.4, 0.5) is 11.8 Å². The van der Waals surface area contributed by atoms with Gasteiger partial charge in [-0.1, -0.05) is 37.1 Å². The standard InChI is InChI=1S/C22H26N4/c1-2-6-16(5-1)23-22-24-19(14-9-10-14)12-21(25-22)26-13-15-11-20(26)18-8-4-3-7-17(15)18/h3-4,7-8,12,14-16,20H,1-2,5-6,9-11,13H2,(H,23,24,25)/t15-,20+/m0/s1. The summed E-state index contributed by atoms with van der Waals surface area (Å²) >= 11 is 0. The van der Waals surface area contributed by atoms with E-state index < -0.39 is 0 Å². The van der Waals surface area contributed by atoms with Crippen LogP contribution in [0.1, 0.15) is 79.6 Å². The molecule has 2 atom stereocenters. The smallest absolute Gasteiger partial charge is 0.225 e. The number of rotatable bonds is 4. The lowest BCUT2D eigenvalue weighted by atomic mass is 9.99. The van der Waals surface area contributed by atoms with Crippen LogP contribution in [0, 0.1) is 0 Å². The summed E-state index contributed by atoms with van der Waals surface area (Å²) in [4.78, 5) is 12.4. The summed E-state index contributed by atoms with van der Waals surface area (Å²) in [7, 11) is 0. The van der Waals surface area contributed by atoms with E-state index in [4.69, 9.17) is 9.97 Å². The van der Waals surface area contributed by atoms with Crippen LogP contribution in [0.2, 0.25) is 0 Å². The van der Waals surface area contributed by atoms with Gasteiger partial charge < -0.3 is 10.2 Å². The Balaban J connectivity index is 1.34. The van der Waals surface area contributed by atoms with Crippen molar-refractivity contribution >= 4 is 11.8 Å². The third-order valence-electron chi connectivity index (χ3n) is 6.81. The second-order valence-corrected chi connectivity index (χ2v) is 8.60. The van der Waals surface area contributed by atoms with E-state index in [-0.39, 0.29) is 0 Å². The molecule has 1 aromatic heterocycles. The van der Waals surface area contributed by atoms with Crippen molar-refractivity contribution in [2.45, 2.75) is 68.9 Å². The number of benzene rings is 1. The minimum atomic E-state index is 0.498. The maximum absolute atomic E-state index is 4.98. The van der Waals surface area contributed by atoms with Gasteiger partial charge in [-0.25, -0.2) is 4.98 Å². The van der Waals surface area contributed by atoms with Gasteiger partial charge in [-0.05, 0) is 43.2 Å².